The summed E-state index contributed by atoms with van der Waals surface area (Å²) in [5, 5.41) is 15.8. The smallest absolute Gasteiger partial charge is 0.199 e. The van der Waals surface area contributed by atoms with Crippen molar-refractivity contribution in [1.82, 2.24) is 34.8 Å². The molecular weight excluding hydrogens is 268 g/mol. The minimum absolute atomic E-state index is 0.559. The van der Waals surface area contributed by atoms with Crippen LogP contribution in [-0.4, -0.2) is 34.8 Å². The number of fused-ring (bicyclic) bond motifs is 1. The van der Waals surface area contributed by atoms with Gasteiger partial charge in [-0.3, -0.25) is 4.98 Å². The van der Waals surface area contributed by atoms with Crippen molar-refractivity contribution in [2.45, 2.75) is 0 Å². The molecule has 4 aromatic rings. The van der Waals surface area contributed by atoms with Crippen LogP contribution in [0.15, 0.2) is 49.1 Å². The van der Waals surface area contributed by atoms with Gasteiger partial charge in [-0.1, -0.05) is 18.2 Å². The summed E-state index contributed by atoms with van der Waals surface area (Å²) in [6.07, 6.45) is 6.84. The lowest BCUT2D eigenvalue weighted by atomic mass is 10.1. The van der Waals surface area contributed by atoms with Crippen molar-refractivity contribution in [2.24, 2.45) is 0 Å². The van der Waals surface area contributed by atoms with E-state index in [9.17, 15) is 0 Å². The van der Waals surface area contributed by atoms with Crippen LogP contribution in [0.4, 0.5) is 5.69 Å². The van der Waals surface area contributed by atoms with Gasteiger partial charge in [0.05, 0.1) is 18.6 Å². The van der Waals surface area contributed by atoms with Gasteiger partial charge in [-0.15, -0.1) is 5.10 Å². The highest BCUT2D eigenvalue weighted by Crippen LogP contribution is 2.25. The lowest BCUT2D eigenvalue weighted by molar-refractivity contribution is 0.746. The van der Waals surface area contributed by atoms with Gasteiger partial charge in [0.25, 0.3) is 0 Å². The molecule has 0 atom stereocenters. The highest BCUT2D eigenvalue weighted by molar-refractivity contribution is 5.75. The van der Waals surface area contributed by atoms with Gasteiger partial charge in [0.1, 0.15) is 0 Å². The summed E-state index contributed by atoms with van der Waals surface area (Å²) in [4.78, 5) is 4.11. The second-order valence-corrected chi connectivity index (χ2v) is 4.48. The SMILES string of the molecule is Nc1ccccc1-c1cnn(-c2cncc3nnnn23)c1. The Kier molecular flexibility index (Phi) is 2.40. The zero-order valence-corrected chi connectivity index (χ0v) is 10.8. The number of aromatic nitrogens is 7. The van der Waals surface area contributed by atoms with Crippen molar-refractivity contribution in [2.75, 3.05) is 5.73 Å². The summed E-state index contributed by atoms with van der Waals surface area (Å²) in [5.74, 6) is 0.651. The van der Waals surface area contributed by atoms with Crippen LogP contribution in [-0.2, 0) is 0 Å². The molecule has 1 aromatic carbocycles. The Hall–Kier alpha value is -3.29. The minimum Gasteiger partial charge on any atom is -0.398 e. The Morgan fingerprint density at radius 3 is 2.86 bits per heavy atom. The summed E-state index contributed by atoms with van der Waals surface area (Å²) in [7, 11) is 0. The van der Waals surface area contributed by atoms with Gasteiger partial charge in [-0.05, 0) is 16.5 Å². The van der Waals surface area contributed by atoms with Crippen molar-refractivity contribution in [3.05, 3.63) is 49.1 Å². The maximum Gasteiger partial charge on any atom is 0.199 e. The van der Waals surface area contributed by atoms with Crippen molar-refractivity contribution >= 4 is 11.3 Å². The van der Waals surface area contributed by atoms with Crippen molar-refractivity contribution in [1.29, 1.82) is 0 Å². The molecule has 0 aliphatic carbocycles. The van der Waals surface area contributed by atoms with Gasteiger partial charge in [0.2, 0.25) is 0 Å². The first-order valence-corrected chi connectivity index (χ1v) is 6.25. The fraction of sp³-hybridized carbons (Fsp3) is 0. The van der Waals surface area contributed by atoms with Crippen LogP contribution in [0.25, 0.3) is 22.6 Å². The predicted octanol–water partition coefficient (Wildman–Crippen LogP) is 0.954. The average Bonchev–Trinajstić information content (AvgIpc) is 3.16. The van der Waals surface area contributed by atoms with Crippen LogP contribution in [0.5, 0.6) is 0 Å². The predicted molar refractivity (Wildman–Crippen MR) is 75.5 cm³/mol. The third kappa shape index (κ3) is 1.81. The molecule has 21 heavy (non-hydrogen) atoms. The number of nitrogens with two attached hydrogens (primary N) is 1. The number of benzene rings is 1. The third-order valence-corrected chi connectivity index (χ3v) is 3.18. The Morgan fingerprint density at radius 1 is 1.05 bits per heavy atom. The molecule has 0 saturated carbocycles. The zero-order valence-electron chi connectivity index (χ0n) is 10.8. The standard InChI is InChI=1S/C13H10N8/c14-11-4-2-1-3-10(11)9-5-16-20(8-9)13-7-15-6-12-17-18-19-21(12)13/h1-8H,14H2. The van der Waals surface area contributed by atoms with Crippen molar-refractivity contribution in [3.63, 3.8) is 0 Å². The largest absolute Gasteiger partial charge is 0.398 e. The fourth-order valence-electron chi connectivity index (χ4n) is 2.17. The van der Waals surface area contributed by atoms with Gasteiger partial charge in [-0.2, -0.15) is 9.61 Å². The number of tetrazole rings is 1. The van der Waals surface area contributed by atoms with Crippen molar-refractivity contribution < 1.29 is 0 Å². The lowest BCUT2D eigenvalue weighted by Crippen LogP contribution is -2.04. The van der Waals surface area contributed by atoms with Crippen LogP contribution < -0.4 is 5.73 Å². The maximum absolute atomic E-state index is 5.99. The molecule has 0 saturated heterocycles. The number of rotatable bonds is 2. The molecule has 0 fully saturated rings. The van der Waals surface area contributed by atoms with Crippen LogP contribution in [0.3, 0.4) is 0 Å². The van der Waals surface area contributed by atoms with Gasteiger partial charge in [0.15, 0.2) is 11.5 Å². The molecule has 2 N–H and O–H groups in total. The first-order valence-electron chi connectivity index (χ1n) is 6.25. The van der Waals surface area contributed by atoms with E-state index >= 15 is 0 Å². The van der Waals surface area contributed by atoms with Crippen molar-refractivity contribution in [3.8, 4) is 16.9 Å². The fourth-order valence-corrected chi connectivity index (χ4v) is 2.17. The molecule has 0 radical (unpaired) electrons. The Labute approximate surface area is 118 Å². The number of nitrogen functional groups attached to an aromatic ring is 1. The molecule has 4 rings (SSSR count). The van der Waals surface area contributed by atoms with Gasteiger partial charge < -0.3 is 5.73 Å². The number of anilines is 1. The van der Waals surface area contributed by atoms with E-state index in [-0.39, 0.29) is 0 Å². The molecule has 0 amide bonds. The van der Waals surface area contributed by atoms with E-state index in [2.05, 4.69) is 25.6 Å². The quantitative estimate of drug-likeness (QED) is 0.548. The number of para-hydroxylation sites is 1. The van der Waals surface area contributed by atoms with E-state index in [1.807, 2.05) is 30.5 Å². The van der Waals surface area contributed by atoms with Crippen LogP contribution >= 0.6 is 0 Å². The number of hydrogen-bond acceptors (Lipinski definition) is 6. The van der Waals surface area contributed by atoms with Crippen LogP contribution in [0.1, 0.15) is 0 Å². The molecule has 0 aliphatic heterocycles. The molecule has 0 aliphatic rings. The van der Waals surface area contributed by atoms with Crippen LogP contribution in [0.2, 0.25) is 0 Å². The van der Waals surface area contributed by atoms with E-state index in [0.717, 1.165) is 11.1 Å². The summed E-state index contributed by atoms with van der Waals surface area (Å²) >= 11 is 0. The van der Waals surface area contributed by atoms with E-state index in [1.54, 1.807) is 27.8 Å². The molecular formula is C13H10N8. The number of hydrogen-bond donors (Lipinski definition) is 1. The normalized spacial score (nSPS) is 11.0. The zero-order chi connectivity index (χ0) is 14.2. The molecule has 8 nitrogen and oxygen atoms in total. The average molecular weight is 278 g/mol. The van der Waals surface area contributed by atoms with Gasteiger partial charge in [0, 0.05) is 23.0 Å². The molecule has 0 unspecified atom stereocenters. The first kappa shape index (κ1) is 11.5. The highest BCUT2D eigenvalue weighted by Gasteiger charge is 2.10. The monoisotopic (exact) mass is 278 g/mol. The van der Waals surface area contributed by atoms with E-state index in [0.29, 0.717) is 17.2 Å². The molecule has 3 aromatic heterocycles. The second kappa shape index (κ2) is 4.37. The van der Waals surface area contributed by atoms with Gasteiger partial charge in [-0.25, -0.2) is 4.68 Å². The summed E-state index contributed by atoms with van der Waals surface area (Å²) in [6, 6.07) is 7.64. The number of nitrogens with zero attached hydrogens (tertiary/aromatic N) is 7. The van der Waals surface area contributed by atoms with E-state index in [1.165, 1.54) is 0 Å². The highest BCUT2D eigenvalue weighted by atomic mass is 15.5. The molecule has 3 heterocycles. The molecule has 0 bridgehead atoms. The maximum atomic E-state index is 5.99. The minimum atomic E-state index is 0.559. The van der Waals surface area contributed by atoms with Crippen LogP contribution in [0, 0.1) is 0 Å². The Balaban J connectivity index is 1.85. The van der Waals surface area contributed by atoms with E-state index < -0.39 is 0 Å². The third-order valence-electron chi connectivity index (χ3n) is 3.18. The summed E-state index contributed by atoms with van der Waals surface area (Å²) < 4.78 is 3.23. The topological polar surface area (TPSA) is 99.8 Å². The molecule has 102 valence electrons. The van der Waals surface area contributed by atoms with E-state index in [4.69, 9.17) is 5.73 Å². The van der Waals surface area contributed by atoms with Gasteiger partial charge >= 0.3 is 0 Å². The first-order chi connectivity index (χ1) is 10.3. The second-order valence-electron chi connectivity index (χ2n) is 4.48. The molecule has 0 spiro atoms. The summed E-state index contributed by atoms with van der Waals surface area (Å²) in [6.45, 7) is 0. The Morgan fingerprint density at radius 2 is 1.95 bits per heavy atom. The lowest BCUT2D eigenvalue weighted by Gasteiger charge is -2.02. The molecule has 8 heteroatoms. The summed E-state index contributed by atoms with van der Waals surface area (Å²) in [5.41, 5.74) is 9.10. The Bertz CT molecular complexity index is 922.